The molecule has 0 saturated heterocycles. The molecule has 3 heterocycles. The van der Waals surface area contributed by atoms with E-state index in [0.717, 1.165) is 50.9 Å². The molecular weight excluding hydrogens is 829 g/mol. The van der Waals surface area contributed by atoms with Crippen LogP contribution in [0.15, 0.2) is 124 Å². The van der Waals surface area contributed by atoms with Crippen molar-refractivity contribution in [2.24, 2.45) is 0 Å². The van der Waals surface area contributed by atoms with E-state index in [-0.39, 0.29) is 53.4 Å². The van der Waals surface area contributed by atoms with Gasteiger partial charge in [-0.05, 0) is 18.2 Å². The summed E-state index contributed by atoms with van der Waals surface area (Å²) in [6.07, 6.45) is 0. The van der Waals surface area contributed by atoms with Crippen LogP contribution in [-0.4, -0.2) is 29.9 Å². The summed E-state index contributed by atoms with van der Waals surface area (Å²) in [6.45, 7) is 18.6. The molecule has 10 heteroatoms. The van der Waals surface area contributed by atoms with Crippen molar-refractivity contribution in [2.75, 3.05) is 0 Å². The van der Waals surface area contributed by atoms with Crippen molar-refractivity contribution in [1.82, 2.24) is 29.9 Å². The van der Waals surface area contributed by atoms with E-state index in [1.807, 2.05) is 109 Å². The first kappa shape index (κ1) is 41.4. The monoisotopic (exact) mass is 877 g/mol. The zero-order valence-corrected chi connectivity index (χ0v) is 33.7. The van der Waals surface area contributed by atoms with Gasteiger partial charge in [0.25, 0.3) is 0 Å². The number of benzene rings is 3. The summed E-state index contributed by atoms with van der Waals surface area (Å²) in [5, 5.41) is 0. The van der Waals surface area contributed by atoms with E-state index in [2.05, 4.69) is 92.2 Å². The number of nitrogens with one attached hydrogen (secondary N) is 3. The van der Waals surface area contributed by atoms with Crippen molar-refractivity contribution >= 4 is 0 Å². The fraction of sp³-hybridized carbons (Fsp3) is 0.286. The summed E-state index contributed by atoms with van der Waals surface area (Å²) in [4.78, 5) is 55.1. The van der Waals surface area contributed by atoms with Gasteiger partial charge in [0, 0.05) is 50.0 Å². The maximum absolute atomic E-state index is 11.6. The average molecular weight is 877 g/mol. The summed E-state index contributed by atoms with van der Waals surface area (Å²) in [6, 6.07) is 35.0. The number of hydrogen-bond donors (Lipinski definition) is 3. The Morgan fingerprint density at radius 1 is 0.385 bits per heavy atom. The van der Waals surface area contributed by atoms with Gasteiger partial charge < -0.3 is 15.0 Å². The van der Waals surface area contributed by atoms with Crippen LogP contribution in [0.1, 0.15) is 79.4 Å². The van der Waals surface area contributed by atoms with Crippen LogP contribution in [0.4, 0.5) is 0 Å². The normalized spacial score (nSPS) is 11.2. The number of aromatic nitrogens is 6. The van der Waals surface area contributed by atoms with Crippen LogP contribution in [-0.2, 0) is 36.4 Å². The molecule has 0 aliphatic carbocycles. The van der Waals surface area contributed by atoms with E-state index in [4.69, 9.17) is 0 Å². The minimum atomic E-state index is -0.295. The standard InChI is InChI=1S/3C14H16N2O.Ir/c3*1-14(2,3)12-9-11(15-13(17)16-12)10-7-5-4-6-8-10;/h3*4-9H,1-3H3,(H,15,16,17);/q;;;+3. The first-order chi connectivity index (χ1) is 23.9. The van der Waals surface area contributed by atoms with E-state index in [1.54, 1.807) is 0 Å². The zero-order valence-electron chi connectivity index (χ0n) is 31.3. The van der Waals surface area contributed by atoms with Gasteiger partial charge in [-0.25, -0.2) is 14.4 Å². The van der Waals surface area contributed by atoms with Gasteiger partial charge in [0.1, 0.15) is 0 Å². The van der Waals surface area contributed by atoms with Gasteiger partial charge in [-0.2, -0.15) is 15.0 Å². The summed E-state index contributed by atoms with van der Waals surface area (Å²) >= 11 is 0. The van der Waals surface area contributed by atoms with Crippen LogP contribution in [0, 0.1) is 0 Å². The largest absolute Gasteiger partial charge is 3.00 e. The Morgan fingerprint density at radius 3 is 0.788 bits per heavy atom. The fourth-order valence-corrected chi connectivity index (χ4v) is 4.86. The molecular formula is C42H48IrN6O3+3. The molecule has 0 spiro atoms. The van der Waals surface area contributed by atoms with E-state index in [0.29, 0.717) is 0 Å². The van der Waals surface area contributed by atoms with Crippen LogP contribution in [0.3, 0.4) is 0 Å². The topological polar surface area (TPSA) is 137 Å². The van der Waals surface area contributed by atoms with E-state index in [1.165, 1.54) is 0 Å². The average Bonchev–Trinajstić information content (AvgIpc) is 3.08. The molecule has 6 rings (SSSR count). The molecule has 0 amide bonds. The second-order valence-electron chi connectivity index (χ2n) is 15.3. The zero-order chi connectivity index (χ0) is 37.4. The molecule has 0 unspecified atom stereocenters. The van der Waals surface area contributed by atoms with Crippen molar-refractivity contribution in [3.8, 4) is 33.8 Å². The number of H-pyrrole nitrogens is 3. The van der Waals surface area contributed by atoms with Crippen LogP contribution in [0.2, 0.25) is 0 Å². The van der Waals surface area contributed by atoms with Gasteiger partial charge in [-0.3, -0.25) is 0 Å². The third-order valence-electron chi connectivity index (χ3n) is 7.87. The molecule has 0 bridgehead atoms. The first-order valence-corrected chi connectivity index (χ1v) is 16.9. The Kier molecular flexibility index (Phi) is 13.9. The molecule has 0 saturated carbocycles. The second-order valence-corrected chi connectivity index (χ2v) is 15.3. The Morgan fingerprint density at radius 2 is 0.596 bits per heavy atom. The van der Waals surface area contributed by atoms with E-state index < -0.39 is 0 Å². The van der Waals surface area contributed by atoms with Crippen LogP contribution < -0.4 is 17.1 Å². The minimum Gasteiger partial charge on any atom is -0.309 e. The molecule has 0 atom stereocenters. The molecule has 9 nitrogen and oxygen atoms in total. The van der Waals surface area contributed by atoms with Gasteiger partial charge in [-0.1, -0.05) is 153 Å². The fourth-order valence-electron chi connectivity index (χ4n) is 4.86. The molecule has 270 valence electrons. The summed E-state index contributed by atoms with van der Waals surface area (Å²) in [5.41, 5.74) is 6.59. The third kappa shape index (κ3) is 12.0. The number of hydrogen-bond acceptors (Lipinski definition) is 6. The Balaban J connectivity index is 0.000000208. The quantitative estimate of drug-likeness (QED) is 0.164. The Bertz CT molecular complexity index is 1960. The third-order valence-corrected chi connectivity index (χ3v) is 7.87. The Hall–Kier alpha value is -5.05. The second kappa shape index (κ2) is 17.4. The molecule has 3 aromatic heterocycles. The predicted octanol–water partition coefficient (Wildman–Crippen LogP) is 8.20. The molecule has 0 fully saturated rings. The van der Waals surface area contributed by atoms with Crippen molar-refractivity contribution in [3.63, 3.8) is 0 Å². The molecule has 0 aliphatic rings. The number of aromatic amines is 3. The van der Waals surface area contributed by atoms with Crippen LogP contribution in [0.25, 0.3) is 33.8 Å². The Labute approximate surface area is 318 Å². The van der Waals surface area contributed by atoms with E-state index in [9.17, 15) is 14.4 Å². The van der Waals surface area contributed by atoms with Crippen molar-refractivity contribution in [1.29, 1.82) is 0 Å². The molecule has 6 aromatic rings. The number of rotatable bonds is 3. The van der Waals surface area contributed by atoms with Gasteiger partial charge in [0.15, 0.2) is 0 Å². The van der Waals surface area contributed by atoms with Gasteiger partial charge in [0.05, 0.1) is 17.1 Å². The van der Waals surface area contributed by atoms with Crippen molar-refractivity contribution < 1.29 is 20.1 Å². The smallest absolute Gasteiger partial charge is 0.309 e. The molecule has 3 aromatic carbocycles. The maximum atomic E-state index is 11.6. The molecule has 3 N–H and O–H groups in total. The van der Waals surface area contributed by atoms with Crippen LogP contribution in [0.5, 0.6) is 0 Å². The summed E-state index contributed by atoms with van der Waals surface area (Å²) in [7, 11) is 0. The van der Waals surface area contributed by atoms with Crippen LogP contribution >= 0.6 is 0 Å². The molecule has 52 heavy (non-hydrogen) atoms. The molecule has 0 aliphatic heterocycles. The van der Waals surface area contributed by atoms with Gasteiger partial charge >= 0.3 is 37.2 Å². The van der Waals surface area contributed by atoms with Gasteiger partial charge in [0.2, 0.25) is 0 Å². The van der Waals surface area contributed by atoms with E-state index >= 15 is 0 Å². The predicted molar refractivity (Wildman–Crippen MR) is 207 cm³/mol. The SMILES string of the molecule is CC(C)(C)c1cc(-c2ccccc2)nc(=O)[nH]1.CC(C)(C)c1cc(-c2ccccc2)nc(=O)[nH]1.CC(C)(C)c1cc(-c2ccccc2)nc(=O)[nH]1.[Ir+3]. The summed E-state index contributed by atoms with van der Waals surface area (Å²) in [5.74, 6) is 0. The van der Waals surface area contributed by atoms with Crippen molar-refractivity contribution in [3.05, 3.63) is 158 Å². The minimum absolute atomic E-state index is 0. The molecule has 0 radical (unpaired) electrons. The summed E-state index contributed by atoms with van der Waals surface area (Å²) < 4.78 is 0. The number of nitrogens with zero attached hydrogens (tertiary/aromatic N) is 3. The van der Waals surface area contributed by atoms with Gasteiger partial charge in [-0.15, -0.1) is 0 Å². The maximum Gasteiger partial charge on any atom is 3.00 e. The first-order valence-electron chi connectivity index (χ1n) is 16.9. The van der Waals surface area contributed by atoms with Crippen molar-refractivity contribution in [2.45, 2.75) is 78.6 Å².